The molecule has 0 aliphatic heterocycles. The summed E-state index contributed by atoms with van der Waals surface area (Å²) < 4.78 is 0. The molecule has 0 saturated heterocycles. The lowest BCUT2D eigenvalue weighted by molar-refractivity contribution is -0.120. The van der Waals surface area contributed by atoms with Crippen molar-refractivity contribution in [3.05, 3.63) is 30.3 Å². The predicted molar refractivity (Wildman–Crippen MR) is 92.5 cm³/mol. The van der Waals surface area contributed by atoms with Gasteiger partial charge < -0.3 is 11.1 Å². The molecule has 2 rings (SSSR count). The van der Waals surface area contributed by atoms with Gasteiger partial charge in [-0.2, -0.15) is 0 Å². The van der Waals surface area contributed by atoms with Gasteiger partial charge in [-0.05, 0) is 43.7 Å². The van der Waals surface area contributed by atoms with E-state index in [4.69, 9.17) is 18.0 Å². The molecule has 1 aromatic rings. The van der Waals surface area contributed by atoms with Crippen LogP contribution in [0.3, 0.4) is 0 Å². The first-order valence-electron chi connectivity index (χ1n) is 7.30. The number of nitrogens with two attached hydrogens (primary N) is 1. The number of benzene rings is 1. The number of thioether (sulfide) groups is 1. The maximum Gasteiger partial charge on any atom is 0.231 e. The van der Waals surface area contributed by atoms with Crippen molar-refractivity contribution in [2.75, 3.05) is 5.75 Å². The molecular formula is C16H22N2OS2. The minimum atomic E-state index is -0.476. The summed E-state index contributed by atoms with van der Waals surface area (Å²) in [5, 5.41) is 3.10. The van der Waals surface area contributed by atoms with E-state index in [1.165, 1.54) is 11.8 Å². The van der Waals surface area contributed by atoms with Crippen molar-refractivity contribution in [1.82, 2.24) is 5.32 Å². The maximum atomic E-state index is 12.2. The third-order valence-electron chi connectivity index (χ3n) is 4.09. The molecule has 1 aliphatic rings. The van der Waals surface area contributed by atoms with Crippen LogP contribution in [0.25, 0.3) is 0 Å². The Hall–Kier alpha value is -1.07. The van der Waals surface area contributed by atoms with Gasteiger partial charge in [0.15, 0.2) is 0 Å². The van der Waals surface area contributed by atoms with E-state index in [1.54, 1.807) is 0 Å². The first-order chi connectivity index (χ1) is 10.0. The van der Waals surface area contributed by atoms with Crippen molar-refractivity contribution in [1.29, 1.82) is 0 Å². The minimum absolute atomic E-state index is 0.00575. The molecule has 114 valence electrons. The van der Waals surface area contributed by atoms with Crippen LogP contribution in [0.2, 0.25) is 0 Å². The molecule has 0 unspecified atom stereocenters. The van der Waals surface area contributed by atoms with E-state index in [0.717, 1.165) is 30.6 Å². The zero-order valence-electron chi connectivity index (χ0n) is 12.3. The Bertz CT molecular complexity index is 496. The fraction of sp³-hybridized carbons (Fsp3) is 0.500. The van der Waals surface area contributed by atoms with Gasteiger partial charge in [0.25, 0.3) is 0 Å². The topological polar surface area (TPSA) is 55.1 Å². The molecule has 1 aromatic carbocycles. The molecule has 0 atom stereocenters. The highest BCUT2D eigenvalue weighted by Gasteiger charge is 2.38. The Labute approximate surface area is 136 Å². The van der Waals surface area contributed by atoms with Crippen LogP contribution in [0, 0.1) is 5.92 Å². The molecule has 1 saturated carbocycles. The van der Waals surface area contributed by atoms with Crippen molar-refractivity contribution in [3.63, 3.8) is 0 Å². The van der Waals surface area contributed by atoms with E-state index in [0.29, 0.717) is 16.7 Å². The first kappa shape index (κ1) is 16.3. The number of hydrogen-bond donors (Lipinski definition) is 2. The predicted octanol–water partition coefficient (Wildman–Crippen LogP) is 3.13. The second-order valence-electron chi connectivity index (χ2n) is 5.78. The van der Waals surface area contributed by atoms with Crippen LogP contribution in [0.15, 0.2) is 35.2 Å². The molecule has 1 amide bonds. The van der Waals surface area contributed by atoms with Crippen LogP contribution in [0.4, 0.5) is 0 Å². The van der Waals surface area contributed by atoms with E-state index in [-0.39, 0.29) is 5.91 Å². The second kappa shape index (κ2) is 7.27. The molecule has 1 fully saturated rings. The van der Waals surface area contributed by atoms with Crippen molar-refractivity contribution in [2.45, 2.75) is 43.0 Å². The van der Waals surface area contributed by atoms with Gasteiger partial charge in [-0.3, -0.25) is 4.79 Å². The molecule has 5 heteroatoms. The highest BCUT2D eigenvalue weighted by molar-refractivity contribution is 8.00. The third-order valence-corrected chi connectivity index (χ3v) is 5.49. The van der Waals surface area contributed by atoms with Crippen LogP contribution in [0.1, 0.15) is 32.6 Å². The van der Waals surface area contributed by atoms with Gasteiger partial charge >= 0.3 is 0 Å². The van der Waals surface area contributed by atoms with Crippen molar-refractivity contribution < 1.29 is 4.79 Å². The van der Waals surface area contributed by atoms with E-state index >= 15 is 0 Å². The number of carbonyl (C=O) groups excluding carboxylic acids is 1. The summed E-state index contributed by atoms with van der Waals surface area (Å²) in [6.45, 7) is 2.23. The van der Waals surface area contributed by atoms with E-state index in [9.17, 15) is 4.79 Å². The lowest BCUT2D eigenvalue weighted by atomic mass is 9.77. The number of carbonyl (C=O) groups is 1. The monoisotopic (exact) mass is 322 g/mol. The van der Waals surface area contributed by atoms with Gasteiger partial charge in [0.1, 0.15) is 0 Å². The molecule has 0 radical (unpaired) electrons. The molecule has 0 spiro atoms. The summed E-state index contributed by atoms with van der Waals surface area (Å²) in [6.07, 6.45) is 3.82. The fourth-order valence-corrected chi connectivity index (χ4v) is 3.63. The average molecular weight is 322 g/mol. The summed E-state index contributed by atoms with van der Waals surface area (Å²) in [5.41, 5.74) is 5.44. The molecule has 3 N–H and O–H groups in total. The van der Waals surface area contributed by atoms with Gasteiger partial charge in [-0.15, -0.1) is 11.8 Å². The van der Waals surface area contributed by atoms with Gasteiger partial charge in [-0.25, -0.2) is 0 Å². The Morgan fingerprint density at radius 1 is 1.38 bits per heavy atom. The Balaban J connectivity index is 1.91. The number of nitrogens with one attached hydrogen (secondary N) is 1. The molecule has 21 heavy (non-hydrogen) atoms. The molecule has 0 heterocycles. The number of thiocarbonyl (C=S) groups is 1. The molecule has 3 nitrogen and oxygen atoms in total. The van der Waals surface area contributed by atoms with Crippen LogP contribution in [0.5, 0.6) is 0 Å². The van der Waals surface area contributed by atoms with Crippen LogP contribution in [-0.2, 0) is 4.79 Å². The second-order valence-corrected chi connectivity index (χ2v) is 7.27. The lowest BCUT2D eigenvalue weighted by Crippen LogP contribution is -2.58. The average Bonchev–Trinajstić information content (AvgIpc) is 2.48. The van der Waals surface area contributed by atoms with Crippen LogP contribution < -0.4 is 11.1 Å². The van der Waals surface area contributed by atoms with Gasteiger partial charge in [0.2, 0.25) is 5.91 Å². The van der Waals surface area contributed by atoms with Gasteiger partial charge in [-0.1, -0.05) is 37.3 Å². The van der Waals surface area contributed by atoms with E-state index in [1.807, 2.05) is 30.3 Å². The number of hydrogen-bond acceptors (Lipinski definition) is 3. The maximum absolute atomic E-state index is 12.2. The Morgan fingerprint density at radius 3 is 2.57 bits per heavy atom. The van der Waals surface area contributed by atoms with Crippen molar-refractivity contribution in [3.8, 4) is 0 Å². The zero-order valence-corrected chi connectivity index (χ0v) is 13.9. The molecule has 0 aromatic heterocycles. The fourth-order valence-electron chi connectivity index (χ4n) is 2.66. The summed E-state index contributed by atoms with van der Waals surface area (Å²) in [6, 6.07) is 9.92. The minimum Gasteiger partial charge on any atom is -0.391 e. The highest BCUT2D eigenvalue weighted by Crippen LogP contribution is 2.32. The quantitative estimate of drug-likeness (QED) is 0.646. The standard InChI is InChI=1S/C16H22N2OS2/c1-12-7-9-16(10-8-12,15(17)20)18-14(19)11-21-13-5-3-2-4-6-13/h2-6,12H,7-11H2,1H3,(H2,17,20)(H,18,19). The Kier molecular flexibility index (Phi) is 5.65. The summed E-state index contributed by atoms with van der Waals surface area (Å²) in [5.74, 6) is 1.08. The SMILES string of the molecule is CC1CCC(NC(=O)CSc2ccccc2)(C(N)=S)CC1. The van der Waals surface area contributed by atoms with E-state index < -0.39 is 5.54 Å². The van der Waals surface area contributed by atoms with Crippen LogP contribution >= 0.6 is 24.0 Å². The normalized spacial score (nSPS) is 25.3. The molecular weight excluding hydrogens is 300 g/mol. The summed E-state index contributed by atoms with van der Waals surface area (Å²) in [4.78, 5) is 13.7. The number of rotatable bonds is 5. The van der Waals surface area contributed by atoms with E-state index in [2.05, 4.69) is 12.2 Å². The molecule has 0 bridgehead atoms. The number of amides is 1. The van der Waals surface area contributed by atoms with Gasteiger partial charge in [0.05, 0.1) is 16.3 Å². The van der Waals surface area contributed by atoms with Gasteiger partial charge in [0, 0.05) is 4.90 Å². The van der Waals surface area contributed by atoms with Crippen molar-refractivity contribution >= 4 is 34.9 Å². The lowest BCUT2D eigenvalue weighted by Gasteiger charge is -2.39. The summed E-state index contributed by atoms with van der Waals surface area (Å²) >= 11 is 6.75. The first-order valence-corrected chi connectivity index (χ1v) is 8.70. The third kappa shape index (κ3) is 4.45. The van der Waals surface area contributed by atoms with Crippen molar-refractivity contribution in [2.24, 2.45) is 11.7 Å². The smallest absolute Gasteiger partial charge is 0.231 e. The Morgan fingerprint density at radius 2 is 2.00 bits per heavy atom. The largest absolute Gasteiger partial charge is 0.391 e. The zero-order chi connectivity index (χ0) is 15.3. The highest BCUT2D eigenvalue weighted by atomic mass is 32.2. The van der Waals surface area contributed by atoms with Crippen LogP contribution in [-0.4, -0.2) is 22.2 Å². The molecule has 1 aliphatic carbocycles. The summed E-state index contributed by atoms with van der Waals surface area (Å²) in [7, 11) is 0.